The number of carbonyl (C=O) groups is 2. The Bertz CT molecular complexity index is 1700. The van der Waals surface area contributed by atoms with Crippen molar-refractivity contribution in [2.75, 3.05) is 18.0 Å². The first-order valence-corrected chi connectivity index (χ1v) is 16.9. The summed E-state index contributed by atoms with van der Waals surface area (Å²) in [6.07, 6.45) is 0.951. The third-order valence-corrected chi connectivity index (χ3v) is 9.83. The number of aryl methyl sites for hydroxylation is 1. The molecule has 4 aromatic rings. The number of rotatable bonds is 14. The molecule has 4 aromatic carbocycles. The predicted molar refractivity (Wildman–Crippen MR) is 183 cm³/mol. The number of nitrogens with one attached hydrogen (secondary N) is 1. The number of methoxy groups -OCH3 is 1. The molecule has 10 heteroatoms. The highest BCUT2D eigenvalue weighted by atomic mass is 35.5. The van der Waals surface area contributed by atoms with E-state index in [1.807, 2.05) is 75.4 Å². The number of sulfonamides is 1. The minimum Gasteiger partial charge on any atom is -0.497 e. The fourth-order valence-electron chi connectivity index (χ4n) is 4.90. The van der Waals surface area contributed by atoms with E-state index >= 15 is 0 Å². The molecule has 0 bridgehead atoms. The Labute approximate surface area is 277 Å². The fraction of sp³-hybridized carbons (Fsp3) is 0.278. The molecule has 0 saturated carbocycles. The molecular weight excluding hydrogens is 622 g/mol. The van der Waals surface area contributed by atoms with E-state index in [0.717, 1.165) is 21.0 Å². The van der Waals surface area contributed by atoms with Crippen LogP contribution in [0.25, 0.3) is 0 Å². The van der Waals surface area contributed by atoms with E-state index in [-0.39, 0.29) is 35.5 Å². The first kappa shape index (κ1) is 34.5. The van der Waals surface area contributed by atoms with Crippen LogP contribution in [-0.2, 0) is 32.6 Å². The topological polar surface area (TPSA) is 96.0 Å². The van der Waals surface area contributed by atoms with Gasteiger partial charge in [-0.25, -0.2) is 8.42 Å². The van der Waals surface area contributed by atoms with Crippen LogP contribution >= 0.6 is 11.6 Å². The van der Waals surface area contributed by atoms with Gasteiger partial charge >= 0.3 is 0 Å². The number of nitrogens with zero attached hydrogens (tertiary/aromatic N) is 2. The van der Waals surface area contributed by atoms with E-state index in [9.17, 15) is 18.0 Å². The molecule has 0 radical (unpaired) electrons. The van der Waals surface area contributed by atoms with Crippen LogP contribution in [0.5, 0.6) is 5.75 Å². The van der Waals surface area contributed by atoms with Crippen LogP contribution in [-0.4, -0.2) is 50.9 Å². The van der Waals surface area contributed by atoms with E-state index in [4.69, 9.17) is 16.3 Å². The third kappa shape index (κ3) is 8.89. The highest BCUT2D eigenvalue weighted by molar-refractivity contribution is 7.92. The molecule has 2 unspecified atom stereocenters. The highest BCUT2D eigenvalue weighted by Crippen LogP contribution is 2.27. The summed E-state index contributed by atoms with van der Waals surface area (Å²) >= 11 is 6.14. The van der Waals surface area contributed by atoms with Crippen molar-refractivity contribution in [1.82, 2.24) is 10.2 Å². The lowest BCUT2D eigenvalue weighted by Crippen LogP contribution is -2.54. The lowest BCUT2D eigenvalue weighted by Gasteiger charge is -2.34. The van der Waals surface area contributed by atoms with Gasteiger partial charge in [-0.1, -0.05) is 78.7 Å². The van der Waals surface area contributed by atoms with Gasteiger partial charge in [-0.3, -0.25) is 13.9 Å². The van der Waals surface area contributed by atoms with E-state index in [0.29, 0.717) is 17.2 Å². The molecule has 0 aliphatic rings. The monoisotopic (exact) mass is 661 g/mol. The molecule has 0 aliphatic heterocycles. The predicted octanol–water partition coefficient (Wildman–Crippen LogP) is 6.41. The maximum atomic E-state index is 14.5. The van der Waals surface area contributed by atoms with Crippen molar-refractivity contribution in [3.05, 3.63) is 125 Å². The molecule has 0 heterocycles. The van der Waals surface area contributed by atoms with Crippen LogP contribution in [0.4, 0.5) is 5.69 Å². The number of carbonyl (C=O) groups excluding carboxylic acids is 2. The second-order valence-electron chi connectivity index (χ2n) is 11.2. The van der Waals surface area contributed by atoms with Crippen molar-refractivity contribution in [2.24, 2.45) is 0 Å². The first-order valence-electron chi connectivity index (χ1n) is 15.1. The Morgan fingerprint density at radius 1 is 0.870 bits per heavy atom. The molecule has 0 aromatic heterocycles. The molecule has 0 fully saturated rings. The minimum absolute atomic E-state index is 0.0171. The van der Waals surface area contributed by atoms with Crippen molar-refractivity contribution in [2.45, 2.75) is 57.1 Å². The van der Waals surface area contributed by atoms with Gasteiger partial charge in [0.15, 0.2) is 0 Å². The van der Waals surface area contributed by atoms with E-state index in [1.54, 1.807) is 36.4 Å². The van der Waals surface area contributed by atoms with Crippen LogP contribution in [0.1, 0.15) is 37.0 Å². The number of halogens is 1. The summed E-state index contributed by atoms with van der Waals surface area (Å²) in [6, 6.07) is 28.4. The molecule has 0 aliphatic carbocycles. The standard InChI is InChI=1S/C36H40ClN3O5S/c1-5-27(3)38-36(42)34(23-28-9-7-6-8-10-28)39(24-29-13-11-26(2)12-14-29)35(41)25-40(31-17-15-30(37)16-18-31)46(43,44)33-21-19-32(45-4)20-22-33/h6-22,27,34H,5,23-25H2,1-4H3,(H,38,42). The fourth-order valence-corrected chi connectivity index (χ4v) is 6.44. The molecule has 242 valence electrons. The van der Waals surface area contributed by atoms with Gasteiger partial charge in [0.1, 0.15) is 18.3 Å². The van der Waals surface area contributed by atoms with Gasteiger partial charge in [-0.2, -0.15) is 0 Å². The van der Waals surface area contributed by atoms with E-state index < -0.39 is 28.5 Å². The van der Waals surface area contributed by atoms with Crippen LogP contribution < -0.4 is 14.4 Å². The van der Waals surface area contributed by atoms with Gasteiger partial charge in [0.25, 0.3) is 10.0 Å². The maximum absolute atomic E-state index is 14.5. The average Bonchev–Trinajstić information content (AvgIpc) is 3.06. The number of ether oxygens (including phenoxy) is 1. The molecule has 46 heavy (non-hydrogen) atoms. The quantitative estimate of drug-likeness (QED) is 0.169. The Balaban J connectivity index is 1.80. The first-order chi connectivity index (χ1) is 22.0. The zero-order valence-corrected chi connectivity index (χ0v) is 28.1. The Morgan fingerprint density at radius 2 is 1.50 bits per heavy atom. The Kier molecular flexibility index (Phi) is 11.8. The zero-order chi connectivity index (χ0) is 33.3. The SMILES string of the molecule is CCC(C)NC(=O)C(Cc1ccccc1)N(Cc1ccc(C)cc1)C(=O)CN(c1ccc(Cl)cc1)S(=O)(=O)c1ccc(OC)cc1. The van der Waals surface area contributed by atoms with Gasteiger partial charge in [-0.15, -0.1) is 0 Å². The summed E-state index contributed by atoms with van der Waals surface area (Å²) in [7, 11) is -2.75. The van der Waals surface area contributed by atoms with Crippen LogP contribution in [0.15, 0.2) is 108 Å². The molecule has 2 atom stereocenters. The molecular formula is C36H40ClN3O5S. The Morgan fingerprint density at radius 3 is 2.09 bits per heavy atom. The molecule has 1 N–H and O–H groups in total. The van der Waals surface area contributed by atoms with Crippen LogP contribution in [0.2, 0.25) is 5.02 Å². The Hall–Kier alpha value is -4.34. The largest absolute Gasteiger partial charge is 0.497 e. The summed E-state index contributed by atoms with van der Waals surface area (Å²) in [4.78, 5) is 29.9. The van der Waals surface area contributed by atoms with Gasteiger partial charge in [0.2, 0.25) is 11.8 Å². The van der Waals surface area contributed by atoms with Crippen molar-refractivity contribution < 1.29 is 22.7 Å². The van der Waals surface area contributed by atoms with E-state index in [1.165, 1.54) is 24.1 Å². The van der Waals surface area contributed by atoms with Crippen molar-refractivity contribution in [3.63, 3.8) is 0 Å². The third-order valence-electron chi connectivity index (χ3n) is 7.79. The van der Waals surface area contributed by atoms with Gasteiger partial charge in [-0.05, 0) is 79.9 Å². The summed E-state index contributed by atoms with van der Waals surface area (Å²) < 4.78 is 34.6. The molecule has 4 rings (SSSR count). The van der Waals surface area contributed by atoms with Gasteiger partial charge in [0.05, 0.1) is 17.7 Å². The summed E-state index contributed by atoms with van der Waals surface area (Å²) in [5.41, 5.74) is 2.99. The number of hydrogen-bond donors (Lipinski definition) is 1. The molecule has 8 nitrogen and oxygen atoms in total. The van der Waals surface area contributed by atoms with Crippen molar-refractivity contribution in [1.29, 1.82) is 0 Å². The van der Waals surface area contributed by atoms with E-state index in [2.05, 4.69) is 5.32 Å². The second kappa shape index (κ2) is 15.8. The van der Waals surface area contributed by atoms with Crippen molar-refractivity contribution >= 4 is 39.1 Å². The second-order valence-corrected chi connectivity index (χ2v) is 13.5. The lowest BCUT2D eigenvalue weighted by molar-refractivity contribution is -0.140. The lowest BCUT2D eigenvalue weighted by atomic mass is 10.0. The molecule has 0 spiro atoms. The smallest absolute Gasteiger partial charge is 0.264 e. The number of anilines is 1. The summed E-state index contributed by atoms with van der Waals surface area (Å²) in [6.45, 7) is 5.40. The average molecular weight is 662 g/mol. The van der Waals surface area contributed by atoms with Gasteiger partial charge in [0, 0.05) is 24.0 Å². The van der Waals surface area contributed by atoms with Crippen molar-refractivity contribution in [3.8, 4) is 5.75 Å². The maximum Gasteiger partial charge on any atom is 0.264 e. The molecule has 2 amide bonds. The van der Waals surface area contributed by atoms with Crippen LogP contribution in [0, 0.1) is 6.92 Å². The minimum atomic E-state index is -4.24. The number of hydrogen-bond acceptors (Lipinski definition) is 5. The summed E-state index contributed by atoms with van der Waals surface area (Å²) in [5, 5.41) is 3.47. The number of benzene rings is 4. The summed E-state index contributed by atoms with van der Waals surface area (Å²) in [5.74, 6) is -0.351. The normalized spacial score (nSPS) is 12.5. The van der Waals surface area contributed by atoms with Crippen LogP contribution in [0.3, 0.4) is 0 Å². The number of amides is 2. The highest BCUT2D eigenvalue weighted by Gasteiger charge is 2.35. The zero-order valence-electron chi connectivity index (χ0n) is 26.5. The molecule has 0 saturated heterocycles. The van der Waals surface area contributed by atoms with Gasteiger partial charge < -0.3 is 15.0 Å².